The molecule has 0 aliphatic heterocycles. The number of benzene rings is 2. The number of rotatable bonds is 1. The van der Waals surface area contributed by atoms with E-state index in [1.807, 2.05) is 48.5 Å². The normalized spacial score (nSPS) is 10.4. The summed E-state index contributed by atoms with van der Waals surface area (Å²) in [6.07, 6.45) is 1.48. The highest BCUT2D eigenvalue weighted by molar-refractivity contribution is 5.90. The SMILES string of the molecule is N#Cc1cnn(-c2cccc3ccccc23)c1N. The molecule has 4 heteroatoms. The number of anilines is 1. The lowest BCUT2D eigenvalue weighted by Gasteiger charge is -2.08. The molecule has 0 saturated carbocycles. The molecule has 0 aliphatic carbocycles. The third-order valence-corrected chi connectivity index (χ3v) is 2.92. The number of nitrogens with two attached hydrogens (primary N) is 1. The molecule has 0 fully saturated rings. The highest BCUT2D eigenvalue weighted by Gasteiger charge is 2.10. The molecule has 0 radical (unpaired) electrons. The molecule has 86 valence electrons. The first-order valence-electron chi connectivity index (χ1n) is 5.53. The Morgan fingerprint density at radius 2 is 1.89 bits per heavy atom. The van der Waals surface area contributed by atoms with E-state index < -0.39 is 0 Å². The number of hydrogen-bond acceptors (Lipinski definition) is 3. The van der Waals surface area contributed by atoms with Gasteiger partial charge in [0.05, 0.1) is 11.9 Å². The third-order valence-electron chi connectivity index (χ3n) is 2.92. The number of aromatic nitrogens is 2. The molecule has 3 aromatic rings. The lowest BCUT2D eigenvalue weighted by molar-refractivity contribution is 0.898. The van der Waals surface area contributed by atoms with Gasteiger partial charge in [-0.15, -0.1) is 0 Å². The van der Waals surface area contributed by atoms with Gasteiger partial charge in [-0.05, 0) is 11.5 Å². The van der Waals surface area contributed by atoms with E-state index >= 15 is 0 Å². The Morgan fingerprint density at radius 3 is 2.67 bits per heavy atom. The van der Waals surface area contributed by atoms with E-state index in [1.54, 1.807) is 4.68 Å². The number of nitrogen functional groups attached to an aromatic ring is 1. The van der Waals surface area contributed by atoms with E-state index in [0.717, 1.165) is 16.5 Å². The van der Waals surface area contributed by atoms with Crippen LogP contribution in [0.1, 0.15) is 5.56 Å². The molecular formula is C14H10N4. The molecule has 0 atom stereocenters. The Kier molecular flexibility index (Phi) is 2.24. The van der Waals surface area contributed by atoms with Crippen LogP contribution in [0.15, 0.2) is 48.7 Å². The number of fused-ring (bicyclic) bond motifs is 1. The average molecular weight is 234 g/mol. The van der Waals surface area contributed by atoms with E-state index in [1.165, 1.54) is 6.20 Å². The van der Waals surface area contributed by atoms with Gasteiger partial charge < -0.3 is 5.73 Å². The molecule has 0 bridgehead atoms. The summed E-state index contributed by atoms with van der Waals surface area (Å²) in [5.41, 5.74) is 7.19. The van der Waals surface area contributed by atoms with Crippen molar-refractivity contribution < 1.29 is 0 Å². The van der Waals surface area contributed by atoms with Crippen LogP contribution in [0.3, 0.4) is 0 Å². The van der Waals surface area contributed by atoms with Crippen molar-refractivity contribution in [3.8, 4) is 11.8 Å². The van der Waals surface area contributed by atoms with Crippen LogP contribution in [-0.4, -0.2) is 9.78 Å². The van der Waals surface area contributed by atoms with Crippen molar-refractivity contribution in [2.75, 3.05) is 5.73 Å². The van der Waals surface area contributed by atoms with E-state index in [2.05, 4.69) is 5.10 Å². The molecule has 0 saturated heterocycles. The Balaban J connectivity index is 2.32. The van der Waals surface area contributed by atoms with E-state index in [4.69, 9.17) is 11.0 Å². The molecule has 18 heavy (non-hydrogen) atoms. The molecule has 0 amide bonds. The van der Waals surface area contributed by atoms with Crippen molar-refractivity contribution in [1.82, 2.24) is 9.78 Å². The van der Waals surface area contributed by atoms with Gasteiger partial charge >= 0.3 is 0 Å². The van der Waals surface area contributed by atoms with Crippen molar-refractivity contribution >= 4 is 16.6 Å². The molecule has 1 aromatic heterocycles. The van der Waals surface area contributed by atoms with Crippen LogP contribution in [0.2, 0.25) is 0 Å². The summed E-state index contributed by atoms with van der Waals surface area (Å²) in [4.78, 5) is 0. The van der Waals surface area contributed by atoms with Gasteiger partial charge in [-0.25, -0.2) is 4.68 Å². The van der Waals surface area contributed by atoms with Crippen molar-refractivity contribution in [2.45, 2.75) is 0 Å². The number of hydrogen-bond donors (Lipinski definition) is 1. The molecular weight excluding hydrogens is 224 g/mol. The Morgan fingerprint density at radius 1 is 1.11 bits per heavy atom. The molecule has 0 aliphatic rings. The summed E-state index contributed by atoms with van der Waals surface area (Å²) in [5, 5.41) is 15.3. The van der Waals surface area contributed by atoms with Crippen LogP contribution in [0.5, 0.6) is 0 Å². The zero-order valence-corrected chi connectivity index (χ0v) is 9.54. The summed E-state index contributed by atoms with van der Waals surface area (Å²) in [6, 6.07) is 15.9. The van der Waals surface area contributed by atoms with Crippen molar-refractivity contribution in [3.05, 3.63) is 54.2 Å². The molecule has 3 rings (SSSR count). The van der Waals surface area contributed by atoms with E-state index in [9.17, 15) is 0 Å². The van der Waals surface area contributed by atoms with E-state index in [-0.39, 0.29) is 0 Å². The summed E-state index contributed by atoms with van der Waals surface area (Å²) < 4.78 is 1.60. The van der Waals surface area contributed by atoms with Gasteiger partial charge in [-0.3, -0.25) is 0 Å². The Hall–Kier alpha value is -2.80. The Labute approximate surface area is 104 Å². The standard InChI is InChI=1S/C14H10N4/c15-8-11-9-17-18(14(11)16)13-7-3-5-10-4-1-2-6-12(10)13/h1-7,9H,16H2. The minimum Gasteiger partial charge on any atom is -0.382 e. The lowest BCUT2D eigenvalue weighted by atomic mass is 10.1. The minimum absolute atomic E-state index is 0.369. The van der Waals surface area contributed by atoms with Crippen LogP contribution in [-0.2, 0) is 0 Å². The molecule has 4 nitrogen and oxygen atoms in total. The first kappa shape index (κ1) is 10.4. The third kappa shape index (κ3) is 1.42. The summed E-state index contributed by atoms with van der Waals surface area (Å²) in [6.45, 7) is 0. The number of nitriles is 1. The molecule has 2 aromatic carbocycles. The van der Waals surface area contributed by atoms with Gasteiger partial charge in [0.25, 0.3) is 0 Å². The smallest absolute Gasteiger partial charge is 0.145 e. The molecule has 2 N–H and O–H groups in total. The molecule has 0 spiro atoms. The maximum atomic E-state index is 8.91. The highest BCUT2D eigenvalue weighted by atomic mass is 15.3. The highest BCUT2D eigenvalue weighted by Crippen LogP contribution is 2.24. The van der Waals surface area contributed by atoms with Gasteiger partial charge in [0.1, 0.15) is 17.5 Å². The van der Waals surface area contributed by atoms with Crippen molar-refractivity contribution in [2.24, 2.45) is 0 Å². The summed E-state index contributed by atoms with van der Waals surface area (Å²) in [7, 11) is 0. The van der Waals surface area contributed by atoms with Gasteiger partial charge in [0, 0.05) is 5.39 Å². The van der Waals surface area contributed by atoms with Crippen LogP contribution in [0.25, 0.3) is 16.5 Å². The zero-order chi connectivity index (χ0) is 12.5. The van der Waals surface area contributed by atoms with Crippen LogP contribution in [0, 0.1) is 11.3 Å². The van der Waals surface area contributed by atoms with Gasteiger partial charge in [0.15, 0.2) is 0 Å². The van der Waals surface area contributed by atoms with Crippen molar-refractivity contribution in [3.63, 3.8) is 0 Å². The monoisotopic (exact) mass is 234 g/mol. The Bertz CT molecular complexity index is 760. The van der Waals surface area contributed by atoms with Crippen LogP contribution in [0.4, 0.5) is 5.82 Å². The van der Waals surface area contributed by atoms with Crippen LogP contribution < -0.4 is 5.73 Å². The largest absolute Gasteiger partial charge is 0.382 e. The van der Waals surface area contributed by atoms with Crippen molar-refractivity contribution in [1.29, 1.82) is 5.26 Å². The summed E-state index contributed by atoms with van der Waals surface area (Å²) in [5.74, 6) is 0.369. The molecule has 0 unspecified atom stereocenters. The maximum Gasteiger partial charge on any atom is 0.145 e. The second kappa shape index (κ2) is 3.90. The van der Waals surface area contributed by atoms with Gasteiger partial charge in [-0.1, -0.05) is 36.4 Å². The van der Waals surface area contributed by atoms with Crippen LogP contribution >= 0.6 is 0 Å². The second-order valence-electron chi connectivity index (χ2n) is 3.97. The first-order valence-corrected chi connectivity index (χ1v) is 5.53. The zero-order valence-electron chi connectivity index (χ0n) is 9.54. The lowest BCUT2D eigenvalue weighted by Crippen LogP contribution is -2.03. The minimum atomic E-state index is 0.369. The predicted octanol–water partition coefficient (Wildman–Crippen LogP) is 2.48. The fourth-order valence-electron chi connectivity index (χ4n) is 2.03. The van der Waals surface area contributed by atoms with Gasteiger partial charge in [0.2, 0.25) is 0 Å². The predicted molar refractivity (Wildman–Crippen MR) is 70.2 cm³/mol. The first-order chi connectivity index (χ1) is 8.81. The summed E-state index contributed by atoms with van der Waals surface area (Å²) >= 11 is 0. The quantitative estimate of drug-likeness (QED) is 0.703. The maximum absolute atomic E-state index is 8.91. The topological polar surface area (TPSA) is 67.6 Å². The second-order valence-corrected chi connectivity index (χ2v) is 3.97. The fraction of sp³-hybridized carbons (Fsp3) is 0. The fourth-order valence-corrected chi connectivity index (χ4v) is 2.03. The number of nitrogens with zero attached hydrogens (tertiary/aromatic N) is 3. The average Bonchev–Trinajstić information content (AvgIpc) is 2.79. The van der Waals surface area contributed by atoms with E-state index in [0.29, 0.717) is 11.4 Å². The molecule has 1 heterocycles. The van der Waals surface area contributed by atoms with Gasteiger partial charge in [-0.2, -0.15) is 10.4 Å².